The molecule has 1 heterocycles. The number of hydrogen-bond acceptors (Lipinski definition) is 3. The third-order valence-electron chi connectivity index (χ3n) is 3.44. The van der Waals surface area contributed by atoms with Crippen LogP contribution in [0.1, 0.15) is 31.4 Å². The topological polar surface area (TPSA) is 75.8 Å². The van der Waals surface area contributed by atoms with Crippen molar-refractivity contribution in [3.05, 3.63) is 35.6 Å². The highest BCUT2D eigenvalue weighted by Gasteiger charge is 2.34. The summed E-state index contributed by atoms with van der Waals surface area (Å²) >= 11 is 0. The van der Waals surface area contributed by atoms with E-state index in [1.54, 1.807) is 19.1 Å². The number of primary amides is 1. The molecule has 0 bridgehead atoms. The number of hydrogen-bond donors (Lipinski definition) is 2. The highest BCUT2D eigenvalue weighted by Crippen LogP contribution is 2.34. The largest absolute Gasteiger partial charge is 0.368 e. The maximum Gasteiger partial charge on any atom is 0.338 e. The van der Waals surface area contributed by atoms with E-state index in [-0.39, 0.29) is 18.0 Å². The second kappa shape index (κ2) is 5.54. The maximum atomic E-state index is 12.8. The Morgan fingerprint density at radius 2 is 2.11 bits per heavy atom. The second-order valence-electron chi connectivity index (χ2n) is 4.72. The third-order valence-corrected chi connectivity index (χ3v) is 3.44. The van der Waals surface area contributed by atoms with Crippen LogP contribution in [-0.4, -0.2) is 28.4 Å². The smallest absolute Gasteiger partial charge is 0.338 e. The molecule has 2 rings (SSSR count). The Kier molecular flexibility index (Phi) is 4.01. The van der Waals surface area contributed by atoms with Crippen LogP contribution in [0.4, 0.5) is 9.18 Å². The molecule has 0 radical (unpaired) electrons. The first-order chi connectivity index (χ1) is 8.99. The first-order valence-electron chi connectivity index (χ1n) is 6.17. The lowest BCUT2D eigenvalue weighted by atomic mass is 10.0. The van der Waals surface area contributed by atoms with E-state index in [2.05, 4.69) is 0 Å². The van der Waals surface area contributed by atoms with Crippen molar-refractivity contribution in [3.8, 4) is 0 Å². The Bertz CT molecular complexity index is 452. The Balaban J connectivity index is 2.00. The number of carbonyl (C=O) groups excluding carboxylic acids is 1. The van der Waals surface area contributed by atoms with Gasteiger partial charge in [-0.1, -0.05) is 12.1 Å². The van der Waals surface area contributed by atoms with Gasteiger partial charge in [0.1, 0.15) is 5.82 Å². The highest BCUT2D eigenvalue weighted by atomic mass is 19.1. The molecule has 0 saturated carbocycles. The van der Waals surface area contributed by atoms with Gasteiger partial charge in [-0.2, -0.15) is 0 Å². The number of urea groups is 1. The van der Waals surface area contributed by atoms with E-state index < -0.39 is 12.1 Å². The Morgan fingerprint density at radius 3 is 2.68 bits per heavy atom. The average molecular weight is 268 g/mol. The summed E-state index contributed by atoms with van der Waals surface area (Å²) in [6.07, 6.45) is 1.03. The quantitative estimate of drug-likeness (QED) is 0.651. The van der Waals surface area contributed by atoms with E-state index in [1.807, 2.05) is 0 Å². The standard InChI is InChI=1S/C13H17FN2O3/c1-8(16(18)13(15)17)11-6-7-12(19-11)9-2-4-10(14)5-3-9/h2-5,8,11-12,18H,6-7H2,1H3,(H2,15,17). The molecule has 1 aliphatic rings. The van der Waals surface area contributed by atoms with Crippen molar-refractivity contribution in [1.29, 1.82) is 0 Å². The zero-order valence-electron chi connectivity index (χ0n) is 10.6. The highest BCUT2D eigenvalue weighted by molar-refractivity contribution is 5.70. The Labute approximate surface area is 110 Å². The van der Waals surface area contributed by atoms with Gasteiger partial charge in [-0.3, -0.25) is 5.21 Å². The van der Waals surface area contributed by atoms with Crippen LogP contribution in [0.15, 0.2) is 24.3 Å². The van der Waals surface area contributed by atoms with Crippen LogP contribution >= 0.6 is 0 Å². The van der Waals surface area contributed by atoms with Gasteiger partial charge in [0.25, 0.3) is 0 Å². The average Bonchev–Trinajstić information content (AvgIpc) is 2.87. The lowest BCUT2D eigenvalue weighted by Gasteiger charge is -2.26. The lowest BCUT2D eigenvalue weighted by Crippen LogP contribution is -2.45. The molecular weight excluding hydrogens is 251 g/mol. The van der Waals surface area contributed by atoms with Crippen molar-refractivity contribution < 1.29 is 19.1 Å². The minimum Gasteiger partial charge on any atom is -0.368 e. The van der Waals surface area contributed by atoms with Crippen molar-refractivity contribution in [1.82, 2.24) is 5.06 Å². The molecule has 0 aromatic heterocycles. The fourth-order valence-corrected chi connectivity index (χ4v) is 2.30. The summed E-state index contributed by atoms with van der Waals surface area (Å²) in [5.41, 5.74) is 5.90. The minimum absolute atomic E-state index is 0.144. The van der Waals surface area contributed by atoms with Crippen LogP contribution in [-0.2, 0) is 4.74 Å². The molecule has 104 valence electrons. The number of amides is 2. The number of hydroxylamine groups is 2. The van der Waals surface area contributed by atoms with Crippen LogP contribution in [0, 0.1) is 5.82 Å². The summed E-state index contributed by atoms with van der Waals surface area (Å²) in [4.78, 5) is 10.9. The molecule has 6 heteroatoms. The summed E-state index contributed by atoms with van der Waals surface area (Å²) in [6.45, 7) is 1.67. The minimum atomic E-state index is -0.902. The molecule has 1 aromatic rings. The molecule has 1 aliphatic heterocycles. The summed E-state index contributed by atoms with van der Waals surface area (Å²) < 4.78 is 18.6. The summed E-state index contributed by atoms with van der Waals surface area (Å²) in [7, 11) is 0. The van der Waals surface area contributed by atoms with Crippen molar-refractivity contribution in [2.75, 3.05) is 0 Å². The van der Waals surface area contributed by atoms with Gasteiger partial charge in [-0.25, -0.2) is 14.2 Å². The van der Waals surface area contributed by atoms with Gasteiger partial charge in [0.2, 0.25) is 0 Å². The fourth-order valence-electron chi connectivity index (χ4n) is 2.30. The van der Waals surface area contributed by atoms with E-state index in [0.717, 1.165) is 12.0 Å². The zero-order valence-corrected chi connectivity index (χ0v) is 10.6. The van der Waals surface area contributed by atoms with E-state index in [1.165, 1.54) is 12.1 Å². The van der Waals surface area contributed by atoms with Gasteiger partial charge in [-0.15, -0.1) is 0 Å². The van der Waals surface area contributed by atoms with Crippen LogP contribution < -0.4 is 5.73 Å². The van der Waals surface area contributed by atoms with Crippen molar-refractivity contribution in [2.45, 2.75) is 38.0 Å². The number of nitrogens with zero attached hydrogens (tertiary/aromatic N) is 1. The molecule has 3 atom stereocenters. The number of halogens is 1. The van der Waals surface area contributed by atoms with Gasteiger partial charge in [0.15, 0.2) is 0 Å². The predicted molar refractivity (Wildman–Crippen MR) is 65.9 cm³/mol. The fraction of sp³-hybridized carbons (Fsp3) is 0.462. The number of carbonyl (C=O) groups is 1. The molecule has 0 aliphatic carbocycles. The normalized spacial score (nSPS) is 24.2. The third kappa shape index (κ3) is 3.02. The van der Waals surface area contributed by atoms with Gasteiger partial charge in [-0.05, 0) is 37.5 Å². The van der Waals surface area contributed by atoms with Gasteiger partial charge in [0.05, 0.1) is 18.2 Å². The van der Waals surface area contributed by atoms with E-state index >= 15 is 0 Å². The number of rotatable bonds is 3. The molecule has 1 aromatic carbocycles. The molecule has 0 spiro atoms. The predicted octanol–water partition coefficient (Wildman–Crippen LogP) is 2.20. The number of nitrogens with two attached hydrogens (primary N) is 1. The van der Waals surface area contributed by atoms with Crippen molar-refractivity contribution in [3.63, 3.8) is 0 Å². The summed E-state index contributed by atoms with van der Waals surface area (Å²) in [5.74, 6) is -0.290. The van der Waals surface area contributed by atoms with Gasteiger partial charge < -0.3 is 10.5 Å². The Hall–Kier alpha value is -1.66. The van der Waals surface area contributed by atoms with Crippen LogP contribution in [0.25, 0.3) is 0 Å². The monoisotopic (exact) mass is 268 g/mol. The number of ether oxygens (including phenoxy) is 1. The van der Waals surface area contributed by atoms with Gasteiger partial charge in [0, 0.05) is 0 Å². The summed E-state index contributed by atoms with van der Waals surface area (Å²) in [5, 5.41) is 9.96. The zero-order chi connectivity index (χ0) is 14.0. The molecule has 5 nitrogen and oxygen atoms in total. The van der Waals surface area contributed by atoms with E-state index in [0.29, 0.717) is 11.5 Å². The lowest BCUT2D eigenvalue weighted by molar-refractivity contribution is -0.115. The molecule has 2 amide bonds. The molecular formula is C13H17FN2O3. The maximum absolute atomic E-state index is 12.8. The first-order valence-corrected chi connectivity index (χ1v) is 6.17. The van der Waals surface area contributed by atoms with Crippen LogP contribution in [0.2, 0.25) is 0 Å². The molecule has 3 N–H and O–H groups in total. The Morgan fingerprint density at radius 1 is 1.47 bits per heavy atom. The molecule has 1 saturated heterocycles. The van der Waals surface area contributed by atoms with Crippen LogP contribution in [0.3, 0.4) is 0 Å². The SMILES string of the molecule is CC(C1CCC(c2ccc(F)cc2)O1)N(O)C(N)=O. The van der Waals surface area contributed by atoms with Crippen molar-refractivity contribution in [2.24, 2.45) is 5.73 Å². The van der Waals surface area contributed by atoms with Gasteiger partial charge >= 0.3 is 6.03 Å². The van der Waals surface area contributed by atoms with E-state index in [9.17, 15) is 14.4 Å². The molecule has 19 heavy (non-hydrogen) atoms. The summed E-state index contributed by atoms with van der Waals surface area (Å²) in [6, 6.07) is 4.72. The van der Waals surface area contributed by atoms with E-state index in [4.69, 9.17) is 10.5 Å². The first kappa shape index (κ1) is 13.8. The van der Waals surface area contributed by atoms with Crippen molar-refractivity contribution >= 4 is 6.03 Å². The molecule has 3 unspecified atom stereocenters. The van der Waals surface area contributed by atoms with Crippen LogP contribution in [0.5, 0.6) is 0 Å². The molecule has 1 fully saturated rings. The second-order valence-corrected chi connectivity index (χ2v) is 4.72. The number of benzene rings is 1.